The van der Waals surface area contributed by atoms with E-state index in [1.54, 1.807) is 6.07 Å². The number of rotatable bonds is 2. The third-order valence-electron chi connectivity index (χ3n) is 3.72. The summed E-state index contributed by atoms with van der Waals surface area (Å²) in [6, 6.07) is 4.76. The number of hydrogen-bond acceptors (Lipinski definition) is 3. The molecule has 110 valence electrons. The first kappa shape index (κ1) is 14.1. The highest BCUT2D eigenvalue weighted by molar-refractivity contribution is 9.10. The quantitative estimate of drug-likeness (QED) is 0.901. The van der Waals surface area contributed by atoms with E-state index < -0.39 is 12.0 Å². The van der Waals surface area contributed by atoms with Gasteiger partial charge in [0, 0.05) is 11.9 Å². The van der Waals surface area contributed by atoms with Crippen molar-refractivity contribution in [3.8, 4) is 0 Å². The van der Waals surface area contributed by atoms with E-state index in [1.807, 2.05) is 19.1 Å². The van der Waals surface area contributed by atoms with Gasteiger partial charge < -0.3 is 14.4 Å². The lowest BCUT2D eigenvalue weighted by molar-refractivity contribution is -0.141. The molecule has 1 fully saturated rings. The fourth-order valence-corrected chi connectivity index (χ4v) is 3.44. The van der Waals surface area contributed by atoms with Gasteiger partial charge in [-0.2, -0.15) is 0 Å². The topological polar surface area (TPSA) is 70.8 Å². The number of aliphatic carboxylic acids is 1. The Morgan fingerprint density at radius 3 is 2.86 bits per heavy atom. The van der Waals surface area contributed by atoms with E-state index in [-0.39, 0.29) is 11.7 Å². The fraction of sp³-hybridized carbons (Fsp3) is 0.333. The van der Waals surface area contributed by atoms with Crippen LogP contribution in [0.5, 0.6) is 0 Å². The van der Waals surface area contributed by atoms with Crippen LogP contribution in [0.1, 0.15) is 29.0 Å². The minimum Gasteiger partial charge on any atom is -0.480 e. The lowest BCUT2D eigenvalue weighted by Gasteiger charge is -2.19. The van der Waals surface area contributed by atoms with Crippen LogP contribution in [-0.4, -0.2) is 34.5 Å². The average Bonchev–Trinajstić information content (AvgIpc) is 3.03. The Bertz CT molecular complexity index is 737. The third-order valence-corrected chi connectivity index (χ3v) is 4.31. The highest BCUT2D eigenvalue weighted by Gasteiger charge is 2.35. The van der Waals surface area contributed by atoms with Gasteiger partial charge in [0.15, 0.2) is 5.76 Å². The number of aryl methyl sites for hydroxylation is 1. The van der Waals surface area contributed by atoms with E-state index in [2.05, 4.69) is 15.9 Å². The Balaban J connectivity index is 1.98. The maximum atomic E-state index is 12.5. The molecule has 5 nitrogen and oxygen atoms in total. The minimum absolute atomic E-state index is 0.185. The molecule has 1 aromatic carbocycles. The molecule has 2 aromatic rings. The van der Waals surface area contributed by atoms with Crippen molar-refractivity contribution < 1.29 is 19.1 Å². The molecular formula is C15H14BrNO4. The Hall–Kier alpha value is -1.82. The predicted octanol–water partition coefficient (Wildman–Crippen LogP) is 3.19. The van der Waals surface area contributed by atoms with E-state index in [1.165, 1.54) is 4.90 Å². The van der Waals surface area contributed by atoms with Gasteiger partial charge in [-0.3, -0.25) is 4.79 Å². The number of halogens is 1. The molecule has 1 aliphatic rings. The zero-order valence-corrected chi connectivity index (χ0v) is 13.0. The van der Waals surface area contributed by atoms with Crippen molar-refractivity contribution in [2.24, 2.45) is 0 Å². The van der Waals surface area contributed by atoms with E-state index >= 15 is 0 Å². The molecule has 0 radical (unpaired) electrons. The van der Waals surface area contributed by atoms with Gasteiger partial charge in [-0.1, -0.05) is 0 Å². The molecule has 21 heavy (non-hydrogen) atoms. The fourth-order valence-electron chi connectivity index (χ4n) is 2.76. The second-order valence-corrected chi connectivity index (χ2v) is 6.12. The van der Waals surface area contributed by atoms with Crippen LogP contribution in [0.4, 0.5) is 0 Å². The van der Waals surface area contributed by atoms with Gasteiger partial charge in [0.25, 0.3) is 5.91 Å². The Morgan fingerprint density at radius 1 is 1.38 bits per heavy atom. The average molecular weight is 352 g/mol. The molecule has 0 bridgehead atoms. The summed E-state index contributed by atoms with van der Waals surface area (Å²) in [6.45, 7) is 2.41. The smallest absolute Gasteiger partial charge is 0.326 e. The van der Waals surface area contributed by atoms with Crippen LogP contribution < -0.4 is 0 Å². The number of amides is 1. The standard InChI is InChI=1S/C15H14BrNO4/c1-8-5-9-7-12(21-13(9)10(16)6-8)14(18)17-4-2-3-11(17)15(19)20/h5-7,11H,2-4H2,1H3,(H,19,20)/t11-/m0/s1. The largest absolute Gasteiger partial charge is 0.480 e. The summed E-state index contributed by atoms with van der Waals surface area (Å²) in [7, 11) is 0. The number of carbonyl (C=O) groups excluding carboxylic acids is 1. The van der Waals surface area contributed by atoms with Gasteiger partial charge in [0.1, 0.15) is 11.6 Å². The Morgan fingerprint density at radius 2 is 2.14 bits per heavy atom. The molecule has 2 heterocycles. The molecule has 1 saturated heterocycles. The molecule has 0 saturated carbocycles. The van der Waals surface area contributed by atoms with Crippen molar-refractivity contribution in [1.82, 2.24) is 4.90 Å². The Kier molecular flexibility index (Phi) is 3.49. The summed E-state index contributed by atoms with van der Waals surface area (Å²) in [6.07, 6.45) is 1.19. The number of benzene rings is 1. The summed E-state index contributed by atoms with van der Waals surface area (Å²) in [5.74, 6) is -1.14. The highest BCUT2D eigenvalue weighted by Crippen LogP contribution is 2.30. The maximum Gasteiger partial charge on any atom is 0.326 e. The second kappa shape index (κ2) is 5.18. The number of carboxylic acids is 1. The van der Waals surface area contributed by atoms with E-state index in [0.717, 1.165) is 15.4 Å². The lowest BCUT2D eigenvalue weighted by Crippen LogP contribution is -2.40. The number of nitrogens with zero attached hydrogens (tertiary/aromatic N) is 1. The van der Waals surface area contributed by atoms with Crippen LogP contribution in [0.3, 0.4) is 0 Å². The molecule has 1 N–H and O–H groups in total. The van der Waals surface area contributed by atoms with Gasteiger partial charge in [0.05, 0.1) is 4.47 Å². The molecule has 1 atom stereocenters. The number of carboxylic acid groups (broad SMARTS) is 1. The molecule has 1 aromatic heterocycles. The first-order valence-corrected chi connectivity index (χ1v) is 7.50. The monoisotopic (exact) mass is 351 g/mol. The molecule has 6 heteroatoms. The molecule has 1 amide bonds. The second-order valence-electron chi connectivity index (χ2n) is 5.27. The van der Waals surface area contributed by atoms with Crippen molar-refractivity contribution >= 4 is 38.8 Å². The van der Waals surface area contributed by atoms with E-state index in [4.69, 9.17) is 9.52 Å². The summed E-state index contributed by atoms with van der Waals surface area (Å²) >= 11 is 3.42. The minimum atomic E-state index is -0.964. The summed E-state index contributed by atoms with van der Waals surface area (Å²) < 4.78 is 6.41. The van der Waals surface area contributed by atoms with Crippen molar-refractivity contribution in [2.75, 3.05) is 6.54 Å². The zero-order chi connectivity index (χ0) is 15.1. The normalized spacial score (nSPS) is 18.4. The maximum absolute atomic E-state index is 12.5. The Labute approximate surface area is 129 Å². The van der Waals surface area contributed by atoms with Gasteiger partial charge in [-0.25, -0.2) is 4.79 Å². The number of furan rings is 1. The van der Waals surface area contributed by atoms with Crippen LogP contribution in [0.2, 0.25) is 0 Å². The van der Waals surface area contributed by atoms with Crippen LogP contribution in [0, 0.1) is 6.92 Å². The molecule has 0 spiro atoms. The summed E-state index contributed by atoms with van der Waals surface area (Å²) in [5, 5.41) is 10.00. The van der Waals surface area contributed by atoms with Crippen LogP contribution in [0.25, 0.3) is 11.0 Å². The van der Waals surface area contributed by atoms with Gasteiger partial charge in [-0.15, -0.1) is 0 Å². The summed E-state index contributed by atoms with van der Waals surface area (Å²) in [5.41, 5.74) is 1.66. The van der Waals surface area contributed by atoms with Crippen LogP contribution in [0.15, 0.2) is 27.1 Å². The van der Waals surface area contributed by atoms with E-state index in [0.29, 0.717) is 25.0 Å². The SMILES string of the molecule is Cc1cc(Br)c2oc(C(=O)N3CCC[C@H]3C(=O)O)cc2c1. The number of fused-ring (bicyclic) bond motifs is 1. The molecule has 1 aliphatic heterocycles. The van der Waals surface area contributed by atoms with Crippen LogP contribution in [-0.2, 0) is 4.79 Å². The third kappa shape index (κ3) is 2.44. The molecule has 3 rings (SSSR count). The van der Waals surface area contributed by atoms with Crippen molar-refractivity contribution in [2.45, 2.75) is 25.8 Å². The van der Waals surface area contributed by atoms with Gasteiger partial charge in [-0.05, 0) is 59.5 Å². The van der Waals surface area contributed by atoms with Crippen LogP contribution >= 0.6 is 15.9 Å². The van der Waals surface area contributed by atoms with Crippen molar-refractivity contribution in [3.63, 3.8) is 0 Å². The zero-order valence-electron chi connectivity index (χ0n) is 11.4. The predicted molar refractivity (Wildman–Crippen MR) is 80.3 cm³/mol. The van der Waals surface area contributed by atoms with Gasteiger partial charge in [0.2, 0.25) is 0 Å². The first-order valence-electron chi connectivity index (χ1n) is 6.71. The van der Waals surface area contributed by atoms with Gasteiger partial charge >= 0.3 is 5.97 Å². The van der Waals surface area contributed by atoms with Crippen molar-refractivity contribution in [3.05, 3.63) is 34.0 Å². The number of likely N-dealkylation sites (tertiary alicyclic amines) is 1. The summed E-state index contributed by atoms with van der Waals surface area (Å²) in [4.78, 5) is 25.0. The molecular weight excluding hydrogens is 338 g/mol. The first-order chi connectivity index (χ1) is 9.97. The molecule has 0 unspecified atom stereocenters. The highest BCUT2D eigenvalue weighted by atomic mass is 79.9. The number of hydrogen-bond donors (Lipinski definition) is 1. The van der Waals surface area contributed by atoms with E-state index in [9.17, 15) is 9.59 Å². The molecule has 0 aliphatic carbocycles. The lowest BCUT2D eigenvalue weighted by atomic mass is 10.2. The number of carbonyl (C=O) groups is 2. The van der Waals surface area contributed by atoms with Crippen molar-refractivity contribution in [1.29, 1.82) is 0 Å².